The van der Waals surface area contributed by atoms with Crippen molar-refractivity contribution in [1.29, 1.82) is 0 Å². The van der Waals surface area contributed by atoms with Crippen molar-refractivity contribution in [3.05, 3.63) is 11.9 Å². The highest BCUT2D eigenvalue weighted by Gasteiger charge is 2.39. The molecule has 0 aliphatic heterocycles. The largest absolute Gasteiger partial charge is 0.408 e. The monoisotopic (exact) mass is 426 g/mol. The second kappa shape index (κ2) is 9.14. The Bertz CT molecular complexity index is 717. The van der Waals surface area contributed by atoms with E-state index in [0.29, 0.717) is 12.0 Å². The lowest BCUT2D eigenvalue weighted by molar-refractivity contribution is -0.143. The molecule has 0 spiro atoms. The van der Waals surface area contributed by atoms with Gasteiger partial charge in [-0.2, -0.15) is 41.3 Å². The topological polar surface area (TPSA) is 74.8 Å². The molecule has 0 bridgehead atoms. The molecular weight excluding hydrogens is 402 g/mol. The van der Waals surface area contributed by atoms with Crippen LogP contribution in [-0.4, -0.2) is 52.5 Å². The average molecular weight is 426 g/mol. The lowest BCUT2D eigenvalue weighted by atomic mass is 9.95. The van der Waals surface area contributed by atoms with Gasteiger partial charge in [0.15, 0.2) is 5.82 Å². The van der Waals surface area contributed by atoms with Crippen LogP contribution in [0.4, 0.5) is 38.2 Å². The molecule has 12 heteroatoms. The molecule has 0 fully saturated rings. The minimum Gasteiger partial charge on any atom is -0.343 e. The van der Waals surface area contributed by atoms with E-state index in [9.17, 15) is 26.3 Å². The first-order valence-corrected chi connectivity index (χ1v) is 9.25. The number of hydrogen-bond donors (Lipinski definition) is 3. The van der Waals surface area contributed by atoms with Crippen LogP contribution in [0.2, 0.25) is 0 Å². The van der Waals surface area contributed by atoms with E-state index in [0.717, 1.165) is 19.8 Å². The van der Waals surface area contributed by atoms with Gasteiger partial charge in [0, 0.05) is 6.04 Å². The molecule has 29 heavy (non-hydrogen) atoms. The second-order valence-electron chi connectivity index (χ2n) is 6.84. The summed E-state index contributed by atoms with van der Waals surface area (Å²) in [5.74, 6) is -0.813. The van der Waals surface area contributed by atoms with Gasteiger partial charge in [-0.3, -0.25) is 0 Å². The maximum absolute atomic E-state index is 13.1. The van der Waals surface area contributed by atoms with Crippen molar-refractivity contribution in [2.75, 3.05) is 17.7 Å². The molecule has 6 nitrogen and oxygen atoms in total. The first-order chi connectivity index (χ1) is 13.4. The molecule has 1 unspecified atom stereocenters. The highest BCUT2D eigenvalue weighted by molar-refractivity contribution is 5.63. The van der Waals surface area contributed by atoms with Crippen LogP contribution in [-0.2, 0) is 0 Å². The zero-order valence-corrected chi connectivity index (χ0v) is 16.2. The predicted molar refractivity (Wildman–Crippen MR) is 97.4 cm³/mol. The fourth-order valence-electron chi connectivity index (χ4n) is 2.83. The Morgan fingerprint density at radius 1 is 1.03 bits per heavy atom. The zero-order valence-electron chi connectivity index (χ0n) is 16.2. The number of allylic oxidation sites excluding steroid dienone is 1. The van der Waals surface area contributed by atoms with Gasteiger partial charge in [0.05, 0.1) is 0 Å². The number of rotatable bonds is 7. The van der Waals surface area contributed by atoms with E-state index in [1.165, 1.54) is 6.92 Å². The summed E-state index contributed by atoms with van der Waals surface area (Å²) < 4.78 is 78.0. The molecule has 0 saturated carbocycles. The number of anilines is 2. The first-order valence-electron chi connectivity index (χ1n) is 9.25. The van der Waals surface area contributed by atoms with E-state index < -0.39 is 36.3 Å². The van der Waals surface area contributed by atoms with Gasteiger partial charge in [-0.05, 0) is 45.2 Å². The molecule has 0 amide bonds. The molecule has 1 heterocycles. The summed E-state index contributed by atoms with van der Waals surface area (Å²) in [5.41, 5.74) is 0.642. The third kappa shape index (κ3) is 6.44. The van der Waals surface area contributed by atoms with Crippen molar-refractivity contribution in [1.82, 2.24) is 20.3 Å². The van der Waals surface area contributed by atoms with Crippen LogP contribution in [0.3, 0.4) is 0 Å². The quantitative estimate of drug-likeness (QED) is 0.569. The number of likely N-dealkylation sites (N-methyl/N-ethyl adjacent to an activating group) is 1. The molecule has 3 atom stereocenters. The summed E-state index contributed by atoms with van der Waals surface area (Å²) in [7, 11) is 1.76. The van der Waals surface area contributed by atoms with E-state index in [-0.39, 0.29) is 18.3 Å². The Hall–Kier alpha value is -2.11. The Labute approximate surface area is 164 Å². The minimum atomic E-state index is -4.57. The van der Waals surface area contributed by atoms with Crippen molar-refractivity contribution in [3.8, 4) is 0 Å². The second-order valence-corrected chi connectivity index (χ2v) is 6.84. The number of nitrogens with one attached hydrogen (secondary N) is 3. The summed E-state index contributed by atoms with van der Waals surface area (Å²) in [5, 5.41) is 7.35. The summed E-state index contributed by atoms with van der Waals surface area (Å²) in [6.45, 7) is 2.21. The van der Waals surface area contributed by atoms with Crippen molar-refractivity contribution in [2.45, 2.75) is 70.0 Å². The van der Waals surface area contributed by atoms with Gasteiger partial charge in [-0.15, -0.1) is 0 Å². The van der Waals surface area contributed by atoms with E-state index in [1.807, 2.05) is 6.08 Å². The minimum absolute atomic E-state index is 0.0241. The van der Waals surface area contributed by atoms with Gasteiger partial charge in [0.25, 0.3) is 0 Å². The Morgan fingerprint density at radius 3 is 2.17 bits per heavy atom. The normalized spacial score (nSPS) is 20.0. The highest BCUT2D eigenvalue weighted by atomic mass is 19.4. The Kier molecular flexibility index (Phi) is 7.30. The smallest absolute Gasteiger partial charge is 0.343 e. The van der Waals surface area contributed by atoms with Crippen molar-refractivity contribution >= 4 is 17.5 Å². The van der Waals surface area contributed by atoms with Gasteiger partial charge >= 0.3 is 12.4 Å². The van der Waals surface area contributed by atoms with Gasteiger partial charge in [0.1, 0.15) is 12.1 Å². The Balaban J connectivity index is 2.42. The third-order valence-electron chi connectivity index (χ3n) is 4.60. The highest BCUT2D eigenvalue weighted by Crippen LogP contribution is 2.29. The molecule has 0 aromatic carbocycles. The fourth-order valence-corrected chi connectivity index (χ4v) is 2.83. The zero-order chi connectivity index (χ0) is 21.8. The molecule has 0 saturated heterocycles. The van der Waals surface area contributed by atoms with Crippen LogP contribution in [0.1, 0.15) is 45.4 Å². The van der Waals surface area contributed by atoms with Gasteiger partial charge in [-0.1, -0.05) is 13.0 Å². The standard InChI is InChI=1S/C17H24F6N6/c1-4-12(17(21,22)23)26-15-28-13(10-6-5-7-11(8-10)24-3)27-14(29-15)25-9(2)16(18,19)20/h8-9,11-12,24H,4-7H2,1-3H3,(H2,25,26,27,28,29)/t9-,11?,12-/m1/s1. The molecule has 1 aliphatic rings. The number of hydrogen-bond acceptors (Lipinski definition) is 6. The molecule has 1 aromatic rings. The van der Waals surface area contributed by atoms with Crippen molar-refractivity contribution in [3.63, 3.8) is 0 Å². The van der Waals surface area contributed by atoms with Crippen molar-refractivity contribution in [2.24, 2.45) is 0 Å². The van der Waals surface area contributed by atoms with Gasteiger partial charge in [-0.25, -0.2) is 0 Å². The molecule has 1 aliphatic carbocycles. The molecule has 2 rings (SSSR count). The van der Waals surface area contributed by atoms with Gasteiger partial charge < -0.3 is 16.0 Å². The molecular formula is C17H24F6N6. The third-order valence-corrected chi connectivity index (χ3v) is 4.60. The van der Waals surface area contributed by atoms with Crippen molar-refractivity contribution < 1.29 is 26.3 Å². The number of halogens is 6. The maximum atomic E-state index is 13.1. The van der Waals surface area contributed by atoms with E-state index in [1.54, 1.807) is 7.05 Å². The van der Waals surface area contributed by atoms with E-state index in [2.05, 4.69) is 30.9 Å². The van der Waals surface area contributed by atoms with E-state index in [4.69, 9.17) is 0 Å². The van der Waals surface area contributed by atoms with Crippen LogP contribution < -0.4 is 16.0 Å². The molecule has 0 radical (unpaired) electrons. The lowest BCUT2D eigenvalue weighted by Crippen LogP contribution is -2.37. The molecule has 1 aromatic heterocycles. The first kappa shape index (κ1) is 23.2. The number of aromatic nitrogens is 3. The SMILES string of the molecule is CC[C@@H](Nc1nc(N[C@H](C)C(F)(F)F)nc(C2=CC(NC)CCC2)n1)C(F)(F)F. The summed E-state index contributed by atoms with van der Waals surface area (Å²) >= 11 is 0. The summed E-state index contributed by atoms with van der Waals surface area (Å²) in [6, 6.07) is -3.90. The van der Waals surface area contributed by atoms with Crippen LogP contribution in [0.5, 0.6) is 0 Å². The number of alkyl halides is 6. The molecule has 3 N–H and O–H groups in total. The fraction of sp³-hybridized carbons (Fsp3) is 0.706. The van der Waals surface area contributed by atoms with Crippen LogP contribution >= 0.6 is 0 Å². The summed E-state index contributed by atoms with van der Waals surface area (Å²) in [4.78, 5) is 11.8. The van der Waals surface area contributed by atoms with E-state index >= 15 is 0 Å². The average Bonchev–Trinajstić information content (AvgIpc) is 2.64. The van der Waals surface area contributed by atoms with Crippen LogP contribution in [0.25, 0.3) is 5.57 Å². The van der Waals surface area contributed by atoms with Crippen LogP contribution in [0, 0.1) is 0 Å². The predicted octanol–water partition coefficient (Wildman–Crippen LogP) is 4.14. The maximum Gasteiger partial charge on any atom is 0.408 e. The lowest BCUT2D eigenvalue weighted by Gasteiger charge is -2.23. The molecule has 164 valence electrons. The summed E-state index contributed by atoms with van der Waals surface area (Å²) in [6.07, 6.45) is -5.38. The Morgan fingerprint density at radius 2 is 1.66 bits per heavy atom. The van der Waals surface area contributed by atoms with Gasteiger partial charge in [0.2, 0.25) is 11.9 Å². The van der Waals surface area contributed by atoms with Crippen LogP contribution in [0.15, 0.2) is 6.08 Å². The number of nitrogens with zero attached hydrogens (tertiary/aromatic N) is 3.